The van der Waals surface area contributed by atoms with Crippen molar-refractivity contribution in [3.05, 3.63) is 94.1 Å². The molecule has 0 aliphatic carbocycles. The predicted octanol–water partition coefficient (Wildman–Crippen LogP) is 4.15. The number of likely N-dealkylation sites (N-methyl/N-ethyl adjacent to an activating group) is 1. The normalized spacial score (nSPS) is 13.3. The smallest absolute Gasteiger partial charge is 0.236 e. The number of carbonyl (C=O) groups excluding carboxylic acids is 1. The molecule has 0 unspecified atom stereocenters. The summed E-state index contributed by atoms with van der Waals surface area (Å²) >= 11 is 0. The molecule has 2 N–H and O–H groups in total. The van der Waals surface area contributed by atoms with Crippen molar-refractivity contribution < 1.29 is 19.4 Å². The minimum absolute atomic E-state index is 0. The summed E-state index contributed by atoms with van der Waals surface area (Å²) in [5.41, 5.74) is 3.82. The van der Waals surface area contributed by atoms with E-state index < -0.39 is 0 Å². The van der Waals surface area contributed by atoms with Crippen LogP contribution in [0.3, 0.4) is 0 Å². The summed E-state index contributed by atoms with van der Waals surface area (Å²) in [7, 11) is 3.49. The molecule has 5 rings (SSSR count). The van der Waals surface area contributed by atoms with E-state index >= 15 is 0 Å². The first-order valence-corrected chi connectivity index (χ1v) is 12.9. The summed E-state index contributed by atoms with van der Waals surface area (Å²) in [5.74, 6) is 1.46. The second kappa shape index (κ2) is 13.5. The third kappa shape index (κ3) is 6.31. The van der Waals surface area contributed by atoms with Crippen molar-refractivity contribution in [3.63, 3.8) is 0 Å². The number of ether oxygens (including phenoxy) is 1. The molecule has 1 aliphatic rings. The van der Waals surface area contributed by atoms with E-state index in [-0.39, 0.29) is 29.2 Å². The molecule has 0 radical (unpaired) electrons. The van der Waals surface area contributed by atoms with E-state index in [0.717, 1.165) is 48.7 Å². The van der Waals surface area contributed by atoms with Crippen molar-refractivity contribution in [2.24, 2.45) is 0 Å². The molecule has 1 amide bonds. The molecule has 1 fully saturated rings. The van der Waals surface area contributed by atoms with Crippen LogP contribution in [0.2, 0.25) is 0 Å². The number of piperazine rings is 1. The van der Waals surface area contributed by atoms with Crippen LogP contribution >= 0.6 is 12.4 Å². The second-order valence-electron chi connectivity index (χ2n) is 9.73. The van der Waals surface area contributed by atoms with Gasteiger partial charge in [-0.25, -0.2) is 0 Å². The number of fused-ring (bicyclic) bond motifs is 1. The molecule has 8 nitrogen and oxygen atoms in total. The van der Waals surface area contributed by atoms with Gasteiger partial charge in [0.15, 0.2) is 5.43 Å². The van der Waals surface area contributed by atoms with E-state index in [1.165, 1.54) is 0 Å². The molecule has 2 heterocycles. The number of hydrogen-bond donors (Lipinski definition) is 0. The number of amides is 1. The zero-order valence-electron chi connectivity index (χ0n) is 23.1. The molecule has 0 bridgehead atoms. The summed E-state index contributed by atoms with van der Waals surface area (Å²) in [5, 5.41) is 0.535. The Hall–Kier alpha value is -3.85. The predicted molar refractivity (Wildman–Crippen MR) is 162 cm³/mol. The van der Waals surface area contributed by atoms with E-state index in [1.54, 1.807) is 32.0 Å². The number of nitrogens with zero attached hydrogens (tertiary/aromatic N) is 3. The van der Waals surface area contributed by atoms with E-state index in [4.69, 9.17) is 9.15 Å². The van der Waals surface area contributed by atoms with Gasteiger partial charge in [0.1, 0.15) is 17.1 Å². The van der Waals surface area contributed by atoms with E-state index in [0.29, 0.717) is 35.4 Å². The minimum atomic E-state index is -0.0474. The number of halogens is 1. The third-order valence-electron chi connectivity index (χ3n) is 7.25. The summed E-state index contributed by atoms with van der Waals surface area (Å²) in [6.07, 6.45) is 0. The van der Waals surface area contributed by atoms with Gasteiger partial charge in [-0.2, -0.15) is 0 Å². The Kier molecular flexibility index (Phi) is 10.3. The van der Waals surface area contributed by atoms with E-state index in [2.05, 4.69) is 15.9 Å². The second-order valence-corrected chi connectivity index (χ2v) is 9.73. The van der Waals surface area contributed by atoms with Crippen LogP contribution in [0.4, 0.5) is 5.69 Å². The topological polar surface area (TPSA) is 97.7 Å². The zero-order valence-corrected chi connectivity index (χ0v) is 23.9. The molecule has 212 valence electrons. The first-order chi connectivity index (χ1) is 18.5. The maximum Gasteiger partial charge on any atom is 0.236 e. The van der Waals surface area contributed by atoms with Crippen LogP contribution in [-0.2, 0) is 11.3 Å². The molecule has 1 aliphatic heterocycles. The van der Waals surface area contributed by atoms with Gasteiger partial charge in [0.2, 0.25) is 5.91 Å². The number of benzene rings is 3. The van der Waals surface area contributed by atoms with Crippen molar-refractivity contribution in [1.82, 2.24) is 9.80 Å². The molecule has 0 saturated carbocycles. The lowest BCUT2D eigenvalue weighted by Gasteiger charge is -2.36. The van der Waals surface area contributed by atoms with Crippen LogP contribution in [-0.4, -0.2) is 68.1 Å². The van der Waals surface area contributed by atoms with Gasteiger partial charge in [0.25, 0.3) is 0 Å². The van der Waals surface area contributed by atoms with Crippen LogP contribution in [0.5, 0.6) is 5.75 Å². The van der Waals surface area contributed by atoms with Crippen molar-refractivity contribution >= 4 is 35.0 Å². The molecular formula is C31H36ClN3O5. The van der Waals surface area contributed by atoms with Gasteiger partial charge in [-0.1, -0.05) is 54.6 Å². The third-order valence-corrected chi connectivity index (χ3v) is 7.25. The summed E-state index contributed by atoms with van der Waals surface area (Å²) in [6.45, 7) is 5.74. The van der Waals surface area contributed by atoms with Crippen molar-refractivity contribution in [2.75, 3.05) is 51.8 Å². The molecule has 1 aromatic heterocycles. The highest BCUT2D eigenvalue weighted by molar-refractivity contribution is 5.85. The molecule has 0 atom stereocenters. The Bertz CT molecular complexity index is 1500. The van der Waals surface area contributed by atoms with E-state index in [1.807, 2.05) is 60.7 Å². The minimum Gasteiger partial charge on any atom is -0.495 e. The lowest BCUT2D eigenvalue weighted by atomic mass is 10.0. The Morgan fingerprint density at radius 3 is 2.33 bits per heavy atom. The number of rotatable bonds is 7. The fourth-order valence-corrected chi connectivity index (χ4v) is 5.05. The Balaban J connectivity index is 0.00000220. The Labute approximate surface area is 240 Å². The van der Waals surface area contributed by atoms with Crippen LogP contribution < -0.4 is 15.1 Å². The average molecular weight is 566 g/mol. The average Bonchev–Trinajstić information content (AvgIpc) is 2.96. The first-order valence-electron chi connectivity index (χ1n) is 12.9. The van der Waals surface area contributed by atoms with Crippen LogP contribution in [0, 0.1) is 6.92 Å². The highest BCUT2D eigenvalue weighted by Gasteiger charge is 2.23. The summed E-state index contributed by atoms with van der Waals surface area (Å²) in [4.78, 5) is 32.5. The van der Waals surface area contributed by atoms with Crippen molar-refractivity contribution in [3.8, 4) is 17.1 Å². The van der Waals surface area contributed by atoms with Crippen LogP contribution in [0.25, 0.3) is 22.3 Å². The standard InChI is InChI=1S/C31H33N3O4.ClH.H2O/c1-22-29(36)25-13-9-12-24(31(25)38-30(22)23-10-5-4-6-11-23)20-32(2)28(35)21-33-16-18-34(19-17-33)26-14-7-8-15-27(26)37-3;;/h4-15H,16-21H2,1-3H3;1H;1H2. The number of para-hydroxylation sites is 3. The van der Waals surface area contributed by atoms with Gasteiger partial charge in [-0.05, 0) is 25.1 Å². The lowest BCUT2D eigenvalue weighted by Crippen LogP contribution is -2.49. The quantitative estimate of drug-likeness (QED) is 0.334. The number of anilines is 1. The fraction of sp³-hybridized carbons (Fsp3) is 0.290. The maximum absolute atomic E-state index is 13.2. The summed E-state index contributed by atoms with van der Waals surface area (Å²) in [6, 6.07) is 23.2. The van der Waals surface area contributed by atoms with Gasteiger partial charge < -0.3 is 24.4 Å². The number of carbonyl (C=O) groups is 1. The zero-order chi connectivity index (χ0) is 26.6. The number of hydrogen-bond acceptors (Lipinski definition) is 6. The summed E-state index contributed by atoms with van der Waals surface area (Å²) < 4.78 is 11.8. The van der Waals surface area contributed by atoms with Crippen LogP contribution in [0.15, 0.2) is 82.0 Å². The Morgan fingerprint density at radius 1 is 0.950 bits per heavy atom. The van der Waals surface area contributed by atoms with Gasteiger partial charge >= 0.3 is 0 Å². The van der Waals surface area contributed by atoms with Gasteiger partial charge in [0.05, 0.1) is 24.7 Å². The molecule has 1 saturated heterocycles. The molecule has 9 heteroatoms. The van der Waals surface area contributed by atoms with Gasteiger partial charge in [-0.3, -0.25) is 14.5 Å². The molecular weight excluding hydrogens is 530 g/mol. The SMILES string of the molecule is COc1ccccc1N1CCN(CC(=O)N(C)Cc2cccc3c(=O)c(C)c(-c4ccccc4)oc23)CC1.Cl.O. The Morgan fingerprint density at radius 2 is 1.62 bits per heavy atom. The number of methoxy groups -OCH3 is 1. The van der Waals surface area contributed by atoms with Crippen molar-refractivity contribution in [2.45, 2.75) is 13.5 Å². The fourth-order valence-electron chi connectivity index (χ4n) is 5.05. The molecule has 0 spiro atoms. The van der Waals surface area contributed by atoms with Crippen LogP contribution in [0.1, 0.15) is 11.1 Å². The highest BCUT2D eigenvalue weighted by Crippen LogP contribution is 2.29. The van der Waals surface area contributed by atoms with Crippen molar-refractivity contribution in [1.29, 1.82) is 0 Å². The first kappa shape index (κ1) is 30.7. The van der Waals surface area contributed by atoms with Gasteiger partial charge in [-0.15, -0.1) is 12.4 Å². The lowest BCUT2D eigenvalue weighted by molar-refractivity contribution is -0.131. The highest BCUT2D eigenvalue weighted by atomic mass is 35.5. The van der Waals surface area contributed by atoms with Gasteiger partial charge in [0, 0.05) is 56.5 Å². The largest absolute Gasteiger partial charge is 0.495 e. The molecule has 3 aromatic carbocycles. The maximum atomic E-state index is 13.2. The monoisotopic (exact) mass is 565 g/mol. The van der Waals surface area contributed by atoms with E-state index in [9.17, 15) is 9.59 Å². The molecule has 4 aromatic rings. The molecule has 40 heavy (non-hydrogen) atoms.